The Morgan fingerprint density at radius 2 is 1.66 bits per heavy atom. The fourth-order valence-electron chi connectivity index (χ4n) is 2.56. The zero-order valence-corrected chi connectivity index (χ0v) is 18.6. The van der Waals surface area contributed by atoms with E-state index in [0.29, 0.717) is 36.0 Å². The van der Waals surface area contributed by atoms with Gasteiger partial charge in [-0.1, -0.05) is 26.0 Å². The van der Waals surface area contributed by atoms with Gasteiger partial charge in [-0.3, -0.25) is 9.59 Å². The highest BCUT2D eigenvalue weighted by atomic mass is 79.9. The largest absolute Gasteiger partial charge is 0.490 e. The topological polar surface area (TPSA) is 67.9 Å². The zero-order valence-electron chi connectivity index (χ0n) is 17.0. The van der Waals surface area contributed by atoms with E-state index in [1.807, 2.05) is 32.0 Å². The van der Waals surface area contributed by atoms with Crippen LogP contribution in [0.4, 0.5) is 5.69 Å². The second-order valence-corrected chi connectivity index (χ2v) is 7.40. The lowest BCUT2D eigenvalue weighted by Crippen LogP contribution is -2.35. The first-order valence-corrected chi connectivity index (χ1v) is 10.4. The average Bonchev–Trinajstić information content (AvgIpc) is 2.72. The van der Waals surface area contributed by atoms with Crippen molar-refractivity contribution in [2.75, 3.05) is 32.1 Å². The van der Waals surface area contributed by atoms with Crippen LogP contribution in [0.15, 0.2) is 46.9 Å². The van der Waals surface area contributed by atoms with Gasteiger partial charge in [0.15, 0.2) is 11.5 Å². The van der Waals surface area contributed by atoms with Crippen LogP contribution in [0.5, 0.6) is 11.5 Å². The van der Waals surface area contributed by atoms with Crippen molar-refractivity contribution >= 4 is 33.4 Å². The van der Waals surface area contributed by atoms with Crippen molar-refractivity contribution in [1.29, 1.82) is 0 Å². The van der Waals surface area contributed by atoms with E-state index in [9.17, 15) is 9.59 Å². The highest BCUT2D eigenvalue weighted by Gasteiger charge is 2.18. The van der Waals surface area contributed by atoms with E-state index in [0.717, 1.165) is 17.3 Å². The number of carbonyl (C=O) groups is 2. The first kappa shape index (κ1) is 22.7. The molecule has 0 aromatic heterocycles. The second-order valence-electron chi connectivity index (χ2n) is 6.55. The maximum Gasteiger partial charge on any atom is 0.254 e. The standard InChI is InChI=1S/C22H27BrN2O4/c1-4-12-28-19-11-10-16(14-20(19)29-13-5-2)22(27)25(3)15-21(26)24-18-9-7-6-8-17(18)23/h6-11,14H,4-5,12-13,15H2,1-3H3,(H,24,26). The lowest BCUT2D eigenvalue weighted by molar-refractivity contribution is -0.116. The van der Waals surface area contributed by atoms with Gasteiger partial charge in [0.1, 0.15) is 0 Å². The third kappa shape index (κ3) is 6.78. The Balaban J connectivity index is 2.07. The quantitative estimate of drug-likeness (QED) is 0.553. The fraction of sp³-hybridized carbons (Fsp3) is 0.364. The molecule has 0 unspecified atom stereocenters. The number of nitrogens with one attached hydrogen (secondary N) is 1. The van der Waals surface area contributed by atoms with Gasteiger partial charge < -0.3 is 19.7 Å². The molecule has 156 valence electrons. The van der Waals surface area contributed by atoms with Gasteiger partial charge in [0, 0.05) is 17.1 Å². The molecule has 29 heavy (non-hydrogen) atoms. The van der Waals surface area contributed by atoms with Crippen molar-refractivity contribution < 1.29 is 19.1 Å². The summed E-state index contributed by atoms with van der Waals surface area (Å²) in [6.45, 7) is 5.08. The Kier molecular flexibility index (Phi) is 8.99. The minimum atomic E-state index is -0.280. The summed E-state index contributed by atoms with van der Waals surface area (Å²) in [5.74, 6) is 0.608. The number of likely N-dealkylation sites (N-methyl/N-ethyl adjacent to an activating group) is 1. The summed E-state index contributed by atoms with van der Waals surface area (Å²) >= 11 is 3.39. The van der Waals surface area contributed by atoms with Crippen molar-refractivity contribution in [3.05, 3.63) is 52.5 Å². The van der Waals surface area contributed by atoms with Gasteiger partial charge in [0.25, 0.3) is 5.91 Å². The molecule has 0 aliphatic heterocycles. The highest BCUT2D eigenvalue weighted by molar-refractivity contribution is 9.10. The Bertz CT molecular complexity index is 841. The molecule has 0 aliphatic carbocycles. The van der Waals surface area contributed by atoms with Gasteiger partial charge in [0.2, 0.25) is 5.91 Å². The molecule has 0 saturated heterocycles. The van der Waals surface area contributed by atoms with Gasteiger partial charge in [0.05, 0.1) is 25.4 Å². The smallest absolute Gasteiger partial charge is 0.254 e. The number of hydrogen-bond donors (Lipinski definition) is 1. The van der Waals surface area contributed by atoms with Crippen LogP contribution in [0, 0.1) is 0 Å². The summed E-state index contributed by atoms with van der Waals surface area (Å²) in [6, 6.07) is 12.4. The number of halogens is 1. The Hall–Kier alpha value is -2.54. The lowest BCUT2D eigenvalue weighted by Gasteiger charge is -2.19. The van der Waals surface area contributed by atoms with E-state index in [1.165, 1.54) is 4.90 Å². The molecule has 0 fully saturated rings. The number of amides is 2. The molecule has 2 amide bonds. The van der Waals surface area contributed by atoms with Crippen LogP contribution in [0.25, 0.3) is 0 Å². The molecule has 0 atom stereocenters. The van der Waals surface area contributed by atoms with E-state index in [4.69, 9.17) is 9.47 Å². The summed E-state index contributed by atoms with van der Waals surface area (Å²) in [7, 11) is 1.59. The second kappa shape index (κ2) is 11.5. The molecule has 0 heterocycles. The minimum absolute atomic E-state index is 0.0700. The molecule has 2 aromatic carbocycles. The molecular weight excluding hydrogens is 436 g/mol. The zero-order chi connectivity index (χ0) is 21.2. The van der Waals surface area contributed by atoms with Crippen LogP contribution in [0.1, 0.15) is 37.0 Å². The molecule has 1 N–H and O–H groups in total. The van der Waals surface area contributed by atoms with E-state index in [2.05, 4.69) is 21.2 Å². The molecule has 0 saturated carbocycles. The van der Waals surface area contributed by atoms with E-state index in [1.54, 1.807) is 31.3 Å². The molecule has 0 spiro atoms. The number of para-hydroxylation sites is 1. The molecule has 2 aromatic rings. The van der Waals surface area contributed by atoms with Crippen LogP contribution in [-0.4, -0.2) is 43.5 Å². The van der Waals surface area contributed by atoms with Crippen molar-refractivity contribution in [3.63, 3.8) is 0 Å². The number of carbonyl (C=O) groups excluding carboxylic acids is 2. The van der Waals surface area contributed by atoms with Gasteiger partial charge in [-0.05, 0) is 59.1 Å². The number of anilines is 1. The maximum absolute atomic E-state index is 12.8. The van der Waals surface area contributed by atoms with Crippen molar-refractivity contribution in [2.24, 2.45) is 0 Å². The molecule has 2 rings (SSSR count). The van der Waals surface area contributed by atoms with Crippen LogP contribution in [-0.2, 0) is 4.79 Å². The van der Waals surface area contributed by atoms with Gasteiger partial charge in [-0.25, -0.2) is 0 Å². The molecule has 7 heteroatoms. The molecule has 0 aliphatic rings. The van der Waals surface area contributed by atoms with Crippen LogP contribution in [0.2, 0.25) is 0 Å². The predicted molar refractivity (Wildman–Crippen MR) is 118 cm³/mol. The summed E-state index contributed by atoms with van der Waals surface area (Å²) in [6.07, 6.45) is 1.73. The number of benzene rings is 2. The number of ether oxygens (including phenoxy) is 2. The normalized spacial score (nSPS) is 10.3. The number of hydrogen-bond acceptors (Lipinski definition) is 4. The Morgan fingerprint density at radius 1 is 1.00 bits per heavy atom. The third-order valence-electron chi connectivity index (χ3n) is 3.99. The monoisotopic (exact) mass is 462 g/mol. The van der Waals surface area contributed by atoms with Crippen molar-refractivity contribution in [1.82, 2.24) is 4.90 Å². The fourth-order valence-corrected chi connectivity index (χ4v) is 2.94. The van der Waals surface area contributed by atoms with Crippen molar-refractivity contribution in [2.45, 2.75) is 26.7 Å². The number of rotatable bonds is 10. The van der Waals surface area contributed by atoms with Gasteiger partial charge >= 0.3 is 0 Å². The van der Waals surface area contributed by atoms with E-state index >= 15 is 0 Å². The SMILES string of the molecule is CCCOc1ccc(C(=O)N(C)CC(=O)Nc2ccccc2Br)cc1OCCC. The molecular formula is C22H27BrN2O4. The molecule has 0 bridgehead atoms. The van der Waals surface area contributed by atoms with Gasteiger partial charge in [-0.15, -0.1) is 0 Å². The first-order valence-electron chi connectivity index (χ1n) is 9.65. The van der Waals surface area contributed by atoms with Gasteiger partial charge in [-0.2, -0.15) is 0 Å². The highest BCUT2D eigenvalue weighted by Crippen LogP contribution is 2.29. The molecule has 6 nitrogen and oxygen atoms in total. The summed E-state index contributed by atoms with van der Waals surface area (Å²) in [5.41, 5.74) is 1.10. The Labute approximate surface area is 180 Å². The lowest BCUT2D eigenvalue weighted by atomic mass is 10.1. The first-order chi connectivity index (χ1) is 14.0. The van der Waals surface area contributed by atoms with E-state index < -0.39 is 0 Å². The third-order valence-corrected chi connectivity index (χ3v) is 4.68. The number of nitrogens with zero attached hydrogens (tertiary/aromatic N) is 1. The van der Waals surface area contributed by atoms with Crippen LogP contribution in [0.3, 0.4) is 0 Å². The van der Waals surface area contributed by atoms with Crippen LogP contribution < -0.4 is 14.8 Å². The Morgan fingerprint density at radius 3 is 2.31 bits per heavy atom. The summed E-state index contributed by atoms with van der Waals surface area (Å²) in [4.78, 5) is 26.5. The maximum atomic E-state index is 12.8. The average molecular weight is 463 g/mol. The summed E-state index contributed by atoms with van der Waals surface area (Å²) < 4.78 is 12.2. The molecule has 0 radical (unpaired) electrons. The van der Waals surface area contributed by atoms with Crippen LogP contribution >= 0.6 is 15.9 Å². The summed E-state index contributed by atoms with van der Waals surface area (Å²) in [5, 5.41) is 2.79. The minimum Gasteiger partial charge on any atom is -0.490 e. The van der Waals surface area contributed by atoms with E-state index in [-0.39, 0.29) is 18.4 Å². The van der Waals surface area contributed by atoms with Crippen molar-refractivity contribution in [3.8, 4) is 11.5 Å². The predicted octanol–water partition coefficient (Wildman–Crippen LogP) is 4.74.